The summed E-state index contributed by atoms with van der Waals surface area (Å²) in [6.07, 6.45) is 3.44. The zero-order valence-electron chi connectivity index (χ0n) is 18.2. The summed E-state index contributed by atoms with van der Waals surface area (Å²) >= 11 is 0. The molecule has 0 bridgehead atoms. The van der Waals surface area contributed by atoms with Gasteiger partial charge < -0.3 is 30.7 Å². The second-order valence-electron chi connectivity index (χ2n) is 7.37. The standard InChI is InChI=1S/C21H35N5O3.HI/c1-16(2)25-21(27)26-18-9-7-17(8-10-18)14-24-20(22-3)23-11-5-12-28-15-19-6-4-13-29-19;/h7-10,16,19H,4-6,11-15H2,1-3H3,(H2,22,23,24)(H2,25,26,27);1H. The van der Waals surface area contributed by atoms with Gasteiger partial charge in [0.1, 0.15) is 0 Å². The number of anilines is 1. The third kappa shape index (κ3) is 11.0. The Balaban J connectivity index is 0.00000450. The number of urea groups is 1. The van der Waals surface area contributed by atoms with Gasteiger partial charge in [0.25, 0.3) is 0 Å². The van der Waals surface area contributed by atoms with Crippen LogP contribution in [0.15, 0.2) is 29.3 Å². The van der Waals surface area contributed by atoms with Gasteiger partial charge >= 0.3 is 6.03 Å². The summed E-state index contributed by atoms with van der Waals surface area (Å²) in [5, 5.41) is 12.2. The van der Waals surface area contributed by atoms with Crippen LogP contribution in [0, 0.1) is 0 Å². The average molecular weight is 533 g/mol. The fraction of sp³-hybridized carbons (Fsp3) is 0.619. The molecule has 8 nitrogen and oxygen atoms in total. The molecule has 1 aromatic carbocycles. The predicted molar refractivity (Wildman–Crippen MR) is 132 cm³/mol. The minimum Gasteiger partial charge on any atom is -0.379 e. The molecule has 1 heterocycles. The molecule has 0 radical (unpaired) electrons. The molecule has 170 valence electrons. The third-order valence-electron chi connectivity index (χ3n) is 4.40. The molecule has 1 atom stereocenters. The van der Waals surface area contributed by atoms with Crippen LogP contribution in [0.1, 0.15) is 38.7 Å². The van der Waals surface area contributed by atoms with E-state index in [0.717, 1.165) is 49.6 Å². The molecular weight excluding hydrogens is 497 g/mol. The molecule has 30 heavy (non-hydrogen) atoms. The van der Waals surface area contributed by atoms with Crippen molar-refractivity contribution in [2.75, 3.05) is 38.7 Å². The first kappa shape index (κ1) is 26.4. The molecule has 4 N–H and O–H groups in total. The van der Waals surface area contributed by atoms with Crippen LogP contribution in [-0.2, 0) is 16.0 Å². The maximum absolute atomic E-state index is 11.7. The maximum Gasteiger partial charge on any atom is 0.319 e. The van der Waals surface area contributed by atoms with Crippen molar-refractivity contribution in [3.8, 4) is 0 Å². The number of halogens is 1. The van der Waals surface area contributed by atoms with Crippen LogP contribution >= 0.6 is 24.0 Å². The van der Waals surface area contributed by atoms with Crippen LogP contribution < -0.4 is 21.3 Å². The molecule has 0 spiro atoms. The highest BCUT2D eigenvalue weighted by Crippen LogP contribution is 2.12. The number of aliphatic imine (C=N–C) groups is 1. The van der Waals surface area contributed by atoms with Gasteiger partial charge in [0.05, 0.1) is 12.7 Å². The van der Waals surface area contributed by atoms with Crippen molar-refractivity contribution in [1.82, 2.24) is 16.0 Å². The van der Waals surface area contributed by atoms with Crippen LogP contribution in [-0.4, -0.2) is 57.5 Å². The third-order valence-corrected chi connectivity index (χ3v) is 4.40. The first-order valence-electron chi connectivity index (χ1n) is 10.4. The smallest absolute Gasteiger partial charge is 0.319 e. The van der Waals surface area contributed by atoms with Gasteiger partial charge in [-0.1, -0.05) is 12.1 Å². The fourth-order valence-electron chi connectivity index (χ4n) is 2.91. The van der Waals surface area contributed by atoms with Gasteiger partial charge in [0.15, 0.2) is 5.96 Å². The number of benzene rings is 1. The average Bonchev–Trinajstić information content (AvgIpc) is 3.21. The van der Waals surface area contributed by atoms with Gasteiger partial charge in [0, 0.05) is 45.1 Å². The van der Waals surface area contributed by atoms with E-state index in [0.29, 0.717) is 19.8 Å². The first-order chi connectivity index (χ1) is 14.1. The van der Waals surface area contributed by atoms with Gasteiger partial charge in [0.2, 0.25) is 0 Å². The Hall–Kier alpha value is -1.59. The van der Waals surface area contributed by atoms with E-state index in [2.05, 4.69) is 26.3 Å². The number of nitrogens with zero attached hydrogens (tertiary/aromatic N) is 1. The molecule has 1 fully saturated rings. The second-order valence-corrected chi connectivity index (χ2v) is 7.37. The summed E-state index contributed by atoms with van der Waals surface area (Å²) < 4.78 is 11.2. The molecule has 1 aliphatic heterocycles. The monoisotopic (exact) mass is 533 g/mol. The van der Waals surface area contributed by atoms with E-state index in [4.69, 9.17) is 9.47 Å². The molecule has 1 saturated heterocycles. The molecule has 0 aliphatic carbocycles. The van der Waals surface area contributed by atoms with Gasteiger partial charge in [-0.15, -0.1) is 24.0 Å². The van der Waals surface area contributed by atoms with Crippen LogP contribution in [0.25, 0.3) is 0 Å². The molecule has 1 aromatic rings. The zero-order chi connectivity index (χ0) is 20.9. The van der Waals surface area contributed by atoms with Crippen LogP contribution in [0.2, 0.25) is 0 Å². The van der Waals surface area contributed by atoms with E-state index >= 15 is 0 Å². The van der Waals surface area contributed by atoms with Crippen molar-refractivity contribution in [2.24, 2.45) is 4.99 Å². The quantitative estimate of drug-likeness (QED) is 0.161. The second kappa shape index (κ2) is 15.2. The molecule has 0 aromatic heterocycles. The molecule has 1 aliphatic rings. The molecule has 2 amide bonds. The molecule has 9 heteroatoms. The molecular formula is C21H36IN5O3. The summed E-state index contributed by atoms with van der Waals surface area (Å²) in [6.45, 7) is 7.55. The number of carbonyl (C=O) groups is 1. The lowest BCUT2D eigenvalue weighted by Gasteiger charge is -2.13. The maximum atomic E-state index is 11.7. The summed E-state index contributed by atoms with van der Waals surface area (Å²) in [5.41, 5.74) is 1.86. The lowest BCUT2D eigenvalue weighted by Crippen LogP contribution is -2.37. The lowest BCUT2D eigenvalue weighted by molar-refractivity contribution is 0.0168. The van der Waals surface area contributed by atoms with Crippen molar-refractivity contribution >= 4 is 41.7 Å². The number of nitrogens with one attached hydrogen (secondary N) is 4. The van der Waals surface area contributed by atoms with Crippen LogP contribution in [0.5, 0.6) is 0 Å². The Morgan fingerprint density at radius 3 is 2.67 bits per heavy atom. The number of carbonyl (C=O) groups excluding carboxylic acids is 1. The highest BCUT2D eigenvalue weighted by molar-refractivity contribution is 14.0. The summed E-state index contributed by atoms with van der Waals surface area (Å²) in [4.78, 5) is 16.0. The van der Waals surface area contributed by atoms with E-state index in [9.17, 15) is 4.79 Å². The zero-order valence-corrected chi connectivity index (χ0v) is 20.5. The van der Waals surface area contributed by atoms with Crippen LogP contribution in [0.4, 0.5) is 10.5 Å². The van der Waals surface area contributed by atoms with Crippen molar-refractivity contribution < 1.29 is 14.3 Å². The predicted octanol–water partition coefficient (Wildman–Crippen LogP) is 3.09. The van der Waals surface area contributed by atoms with E-state index in [1.54, 1.807) is 7.05 Å². The Kier molecular flexibility index (Phi) is 13.4. The Bertz CT molecular complexity index is 634. The highest BCUT2D eigenvalue weighted by atomic mass is 127. The summed E-state index contributed by atoms with van der Waals surface area (Å²) in [7, 11) is 1.75. The van der Waals surface area contributed by atoms with Gasteiger partial charge in [-0.2, -0.15) is 0 Å². The lowest BCUT2D eigenvalue weighted by atomic mass is 10.2. The van der Waals surface area contributed by atoms with Crippen molar-refractivity contribution in [1.29, 1.82) is 0 Å². The number of rotatable bonds is 10. The normalized spacial score (nSPS) is 16.1. The fourth-order valence-corrected chi connectivity index (χ4v) is 2.91. The van der Waals surface area contributed by atoms with E-state index in [1.165, 1.54) is 0 Å². The number of hydrogen-bond donors (Lipinski definition) is 4. The Labute approximate surface area is 197 Å². The SMILES string of the molecule is CN=C(NCCCOCC1CCCO1)NCc1ccc(NC(=O)NC(C)C)cc1.I. The first-order valence-corrected chi connectivity index (χ1v) is 10.4. The van der Waals surface area contributed by atoms with Gasteiger partial charge in [-0.3, -0.25) is 4.99 Å². The van der Waals surface area contributed by atoms with Gasteiger partial charge in [-0.25, -0.2) is 4.79 Å². The van der Waals surface area contributed by atoms with E-state index < -0.39 is 0 Å². The van der Waals surface area contributed by atoms with Crippen molar-refractivity contribution in [2.45, 2.75) is 51.8 Å². The summed E-state index contributed by atoms with van der Waals surface area (Å²) in [6, 6.07) is 7.63. The largest absolute Gasteiger partial charge is 0.379 e. The highest BCUT2D eigenvalue weighted by Gasteiger charge is 2.14. The van der Waals surface area contributed by atoms with Crippen LogP contribution in [0.3, 0.4) is 0 Å². The van der Waals surface area contributed by atoms with E-state index in [1.807, 2.05) is 38.1 Å². The minimum absolute atomic E-state index is 0. The molecule has 2 rings (SSSR count). The Morgan fingerprint density at radius 1 is 1.27 bits per heavy atom. The summed E-state index contributed by atoms with van der Waals surface area (Å²) in [5.74, 6) is 0.752. The Morgan fingerprint density at radius 2 is 2.03 bits per heavy atom. The number of amides is 2. The van der Waals surface area contributed by atoms with E-state index in [-0.39, 0.29) is 42.2 Å². The number of hydrogen-bond acceptors (Lipinski definition) is 4. The van der Waals surface area contributed by atoms with Gasteiger partial charge in [-0.05, 0) is 50.8 Å². The minimum atomic E-state index is -0.199. The molecule has 0 saturated carbocycles. The number of guanidine groups is 1. The number of ether oxygens (including phenoxy) is 2. The van der Waals surface area contributed by atoms with Crippen molar-refractivity contribution in [3.05, 3.63) is 29.8 Å². The van der Waals surface area contributed by atoms with Crippen molar-refractivity contribution in [3.63, 3.8) is 0 Å². The molecule has 1 unspecified atom stereocenters. The topological polar surface area (TPSA) is 96.0 Å².